The third-order valence-electron chi connectivity index (χ3n) is 16.3. The smallest absolute Gasteiger partial charge is 0.297 e. The molecule has 73 heavy (non-hydrogen) atoms. The molecule has 0 radical (unpaired) electrons. The van der Waals surface area contributed by atoms with Gasteiger partial charge in [0, 0.05) is 75.5 Å². The first-order valence-corrected chi connectivity index (χ1v) is 27.1. The lowest BCUT2D eigenvalue weighted by atomic mass is 9.70. The molecule has 19 heteroatoms. The predicted molar refractivity (Wildman–Crippen MR) is 274 cm³/mol. The summed E-state index contributed by atoms with van der Waals surface area (Å²) in [5.74, 6) is -0.777. The number of likely N-dealkylation sites (tertiary alicyclic amines) is 1. The lowest BCUT2D eigenvalue weighted by Crippen LogP contribution is -2.63. The molecule has 3 aliphatic heterocycles. The number of hydrogen-bond acceptors (Lipinski definition) is 14. The molecule has 5 heterocycles. The maximum atomic E-state index is 15.1. The van der Waals surface area contributed by atoms with Crippen LogP contribution in [0.5, 0.6) is 23.1 Å². The van der Waals surface area contributed by atoms with Gasteiger partial charge in [-0.25, -0.2) is 17.5 Å². The number of sulfonamides is 1. The van der Waals surface area contributed by atoms with Gasteiger partial charge in [-0.05, 0) is 112 Å². The molecule has 2 aromatic heterocycles. The fraction of sp³-hybridized carbons (Fsp3) is 0.519. The van der Waals surface area contributed by atoms with E-state index in [9.17, 15) is 28.4 Å². The number of aromatic nitrogens is 2. The summed E-state index contributed by atoms with van der Waals surface area (Å²) < 4.78 is 69.4. The van der Waals surface area contributed by atoms with Gasteiger partial charge in [0.05, 0.1) is 38.5 Å². The number of fused-ring (bicyclic) bond motifs is 2. The summed E-state index contributed by atoms with van der Waals surface area (Å²) in [5.41, 5.74) is 2.60. The van der Waals surface area contributed by atoms with E-state index in [0.717, 1.165) is 63.0 Å². The Morgan fingerprint density at radius 1 is 1.03 bits per heavy atom. The summed E-state index contributed by atoms with van der Waals surface area (Å²) >= 11 is 0. The van der Waals surface area contributed by atoms with Crippen LogP contribution < -0.4 is 29.1 Å². The van der Waals surface area contributed by atoms with E-state index in [1.54, 1.807) is 26.0 Å². The van der Waals surface area contributed by atoms with Gasteiger partial charge in [0.15, 0.2) is 17.2 Å². The standard InChI is InChI=1S/C54H66FN7O10S/c1-32(2)37-9-6-7-10-38(37)39-11-8-12-44(39)61-30-54(31-61)19-21-60(22-20-54)35-13-14-40(46(23-35)72-48-26-41-42(55)27-56-50(41)58-52(48)71-28-33(3)69-5)51(63)59-73(67,68)36-24-45(62(65)66)49-47(25-36)70-29-43(57-49)34-15-17-53(4,64)18-16-34/h6-7,9-10,13-14,23-27,32-34,39,43-44,57,64H,8,11-12,15-22,28-31H2,1-5H3,(H,56,58)(H,59,63)/t33-,34?,39-,43-,44?,53?/m1/s1. The molecular weight excluding hydrogens is 958 g/mol. The number of aliphatic hydroxyl groups is 1. The van der Waals surface area contributed by atoms with Gasteiger partial charge >= 0.3 is 0 Å². The Balaban J connectivity index is 0.904. The van der Waals surface area contributed by atoms with Gasteiger partial charge in [0.25, 0.3) is 27.5 Å². The summed E-state index contributed by atoms with van der Waals surface area (Å²) in [6.07, 6.45) is 8.87. The summed E-state index contributed by atoms with van der Waals surface area (Å²) in [6, 6.07) is 17.5. The second kappa shape index (κ2) is 20.0. The molecule has 2 aliphatic carbocycles. The molecule has 2 saturated heterocycles. The van der Waals surface area contributed by atoms with E-state index in [4.69, 9.17) is 18.9 Å². The molecule has 1 unspecified atom stereocenters. The van der Waals surface area contributed by atoms with E-state index >= 15 is 4.39 Å². The third-order valence-corrected chi connectivity index (χ3v) is 17.6. The molecule has 10 rings (SSSR count). The van der Waals surface area contributed by atoms with Crippen molar-refractivity contribution in [3.05, 3.63) is 99.5 Å². The van der Waals surface area contributed by atoms with Crippen LogP contribution in [0.3, 0.4) is 0 Å². The lowest BCUT2D eigenvalue weighted by molar-refractivity contribution is -0.384. The molecule has 4 N–H and O–H groups in total. The highest BCUT2D eigenvalue weighted by molar-refractivity contribution is 7.90. The van der Waals surface area contributed by atoms with Gasteiger partial charge in [-0.15, -0.1) is 0 Å². The summed E-state index contributed by atoms with van der Waals surface area (Å²) in [7, 11) is -3.25. The molecule has 4 atom stereocenters. The van der Waals surface area contributed by atoms with Crippen molar-refractivity contribution in [2.45, 2.75) is 126 Å². The topological polar surface area (TPSA) is 211 Å². The molecule has 3 aromatic carbocycles. The van der Waals surface area contributed by atoms with Gasteiger partial charge < -0.3 is 39.3 Å². The largest absolute Gasteiger partial charge is 0.489 e. The van der Waals surface area contributed by atoms with Crippen LogP contribution in [0.2, 0.25) is 0 Å². The number of nitrogens with zero attached hydrogens (tertiary/aromatic N) is 4. The van der Waals surface area contributed by atoms with Crippen molar-refractivity contribution in [3.63, 3.8) is 0 Å². The second-order valence-corrected chi connectivity index (χ2v) is 23.3. The highest BCUT2D eigenvalue weighted by atomic mass is 32.2. The summed E-state index contributed by atoms with van der Waals surface area (Å²) in [6.45, 7) is 11.9. The number of methoxy groups -OCH3 is 1. The summed E-state index contributed by atoms with van der Waals surface area (Å²) in [5, 5.41) is 26.3. The van der Waals surface area contributed by atoms with Crippen LogP contribution in [0.25, 0.3) is 11.0 Å². The SMILES string of the molecule is CO[C@H](C)COc1nc2[nH]cc(F)c2cc1Oc1cc(N2CCC3(CC2)CN(C2CCC[C@@H]2c2ccccc2C(C)C)C3)ccc1C(=O)NS(=O)(=O)c1cc2c(c([N+](=O)[O-])c1)N[C@@H](C1CCC(C)(O)CC1)CO2. The number of nitrogens with one attached hydrogen (secondary N) is 3. The number of nitro groups is 1. The Hall–Kier alpha value is -6.02. The molecule has 5 aromatic rings. The number of nitro benzene ring substituents is 1. The molecule has 2 saturated carbocycles. The number of hydrogen-bond donors (Lipinski definition) is 4. The van der Waals surface area contributed by atoms with Crippen molar-refractivity contribution in [1.29, 1.82) is 0 Å². The van der Waals surface area contributed by atoms with Crippen molar-refractivity contribution in [3.8, 4) is 23.1 Å². The van der Waals surface area contributed by atoms with Gasteiger partial charge in [-0.2, -0.15) is 4.98 Å². The number of carbonyl (C=O) groups excluding carboxylic acids is 1. The zero-order valence-electron chi connectivity index (χ0n) is 42.1. The van der Waals surface area contributed by atoms with Gasteiger partial charge in [0.1, 0.15) is 30.4 Å². The van der Waals surface area contributed by atoms with E-state index in [2.05, 4.69) is 67.9 Å². The Bertz CT molecular complexity index is 2990. The first kappa shape index (κ1) is 50.5. The number of pyridine rings is 1. The second-order valence-electron chi connectivity index (χ2n) is 21.6. The van der Waals surface area contributed by atoms with Gasteiger partial charge in [0.2, 0.25) is 0 Å². The fourth-order valence-corrected chi connectivity index (χ4v) is 12.9. The van der Waals surface area contributed by atoms with E-state index < -0.39 is 42.9 Å². The van der Waals surface area contributed by atoms with Crippen LogP contribution in [0.1, 0.15) is 119 Å². The Kier molecular flexibility index (Phi) is 13.8. The zero-order chi connectivity index (χ0) is 51.4. The number of H-pyrrole nitrogens is 1. The Morgan fingerprint density at radius 3 is 2.51 bits per heavy atom. The average molecular weight is 1020 g/mol. The number of aromatic amines is 1. The minimum Gasteiger partial charge on any atom is -0.489 e. The first-order chi connectivity index (χ1) is 34.9. The number of piperidine rings is 1. The number of amides is 1. The Morgan fingerprint density at radius 2 is 1.78 bits per heavy atom. The molecule has 390 valence electrons. The molecule has 1 spiro atoms. The monoisotopic (exact) mass is 1020 g/mol. The van der Waals surface area contributed by atoms with Crippen LogP contribution in [0.15, 0.2) is 71.8 Å². The maximum Gasteiger partial charge on any atom is 0.297 e. The highest BCUT2D eigenvalue weighted by Gasteiger charge is 2.49. The van der Waals surface area contributed by atoms with Crippen molar-refractivity contribution in [1.82, 2.24) is 19.6 Å². The highest BCUT2D eigenvalue weighted by Crippen LogP contribution is 2.50. The van der Waals surface area contributed by atoms with E-state index in [-0.39, 0.29) is 82.1 Å². The van der Waals surface area contributed by atoms with Crippen LogP contribution in [0, 0.1) is 27.3 Å². The number of rotatable bonds is 15. The lowest BCUT2D eigenvalue weighted by Gasteiger charge is -2.57. The van der Waals surface area contributed by atoms with Crippen molar-refractivity contribution < 1.29 is 46.6 Å². The number of ether oxygens (including phenoxy) is 4. The maximum absolute atomic E-state index is 15.1. The molecule has 1 amide bonds. The normalized spacial score (nSPS) is 24.4. The molecule has 5 aliphatic rings. The molecule has 4 fully saturated rings. The average Bonchev–Trinajstić information content (AvgIpc) is 4.00. The quantitative estimate of drug-likeness (QED) is 0.0569. The van der Waals surface area contributed by atoms with Gasteiger partial charge in [-0.1, -0.05) is 44.5 Å². The van der Waals surface area contributed by atoms with Crippen molar-refractivity contribution in [2.24, 2.45) is 11.3 Å². The minimum atomic E-state index is -4.78. The minimum absolute atomic E-state index is 0.0261. The molecular formula is C54H66FN7O10S. The molecule has 0 bridgehead atoms. The number of carbonyl (C=O) groups is 1. The number of benzene rings is 3. The van der Waals surface area contributed by atoms with Crippen molar-refractivity contribution in [2.75, 3.05) is 56.7 Å². The van der Waals surface area contributed by atoms with E-state index in [0.29, 0.717) is 43.6 Å². The van der Waals surface area contributed by atoms with Gasteiger partial charge in [-0.3, -0.25) is 19.8 Å². The third kappa shape index (κ3) is 10.3. The van der Waals surface area contributed by atoms with Crippen LogP contribution in [-0.2, 0) is 14.8 Å². The summed E-state index contributed by atoms with van der Waals surface area (Å²) in [4.78, 5) is 37.8. The zero-order valence-corrected chi connectivity index (χ0v) is 42.9. The number of anilines is 2. The molecule has 17 nitrogen and oxygen atoms in total. The Labute approximate surface area is 425 Å². The van der Waals surface area contributed by atoms with Crippen LogP contribution in [0.4, 0.5) is 21.5 Å². The first-order valence-electron chi connectivity index (χ1n) is 25.6. The fourth-order valence-electron chi connectivity index (χ4n) is 11.9. The number of halogens is 1. The van der Waals surface area contributed by atoms with E-state index in [1.807, 2.05) is 0 Å². The van der Waals surface area contributed by atoms with E-state index in [1.165, 1.54) is 49.6 Å². The van der Waals surface area contributed by atoms with Crippen molar-refractivity contribution >= 4 is 44.0 Å². The predicted octanol–water partition coefficient (Wildman–Crippen LogP) is 9.41. The van der Waals surface area contributed by atoms with Crippen LogP contribution in [-0.4, -0.2) is 110 Å². The van der Waals surface area contributed by atoms with Crippen LogP contribution >= 0.6 is 0 Å².